The number of nitro benzene ring substituents is 1. The molecule has 9 heteroatoms. The largest absolute Gasteiger partial charge is 0.382 e. The summed E-state index contributed by atoms with van der Waals surface area (Å²) in [6.07, 6.45) is 0.278. The van der Waals surface area contributed by atoms with Crippen LogP contribution >= 0.6 is 0 Å². The van der Waals surface area contributed by atoms with Crippen LogP contribution in [0, 0.1) is 10.1 Å². The first-order valence-electron chi connectivity index (χ1n) is 5.54. The molecule has 4 N–H and O–H groups in total. The number of para-hydroxylation sites is 1. The highest BCUT2D eigenvalue weighted by Crippen LogP contribution is 2.32. The minimum atomic E-state index is -3.50. The summed E-state index contributed by atoms with van der Waals surface area (Å²) in [5.41, 5.74) is 0.660. The predicted octanol–water partition coefficient (Wildman–Crippen LogP) is 0.727. The number of benzene rings is 1. The minimum Gasteiger partial charge on any atom is -0.382 e. The molecule has 1 aromatic rings. The molecule has 0 fully saturated rings. The zero-order valence-electron chi connectivity index (χ0n) is 10.4. The number of nitrogens with one attached hydrogen (secondary N) is 2. The van der Waals surface area contributed by atoms with Gasteiger partial charge < -0.3 is 10.6 Å². The smallest absolute Gasteiger partial charge is 0.315 e. The van der Waals surface area contributed by atoms with Crippen molar-refractivity contribution < 1.29 is 13.3 Å². The molecule has 1 aromatic carbocycles. The maximum atomic E-state index is 11.0. The van der Waals surface area contributed by atoms with Crippen molar-refractivity contribution in [1.29, 1.82) is 0 Å². The van der Waals surface area contributed by atoms with Crippen LogP contribution in [0.2, 0.25) is 0 Å². The number of sulfonamides is 1. The Morgan fingerprint density at radius 2 is 2.00 bits per heavy atom. The summed E-state index contributed by atoms with van der Waals surface area (Å²) < 4.78 is 21.5. The second kappa shape index (κ2) is 6.34. The van der Waals surface area contributed by atoms with Crippen molar-refractivity contribution in [3.63, 3.8) is 0 Å². The van der Waals surface area contributed by atoms with Gasteiger partial charge in [-0.1, -0.05) is 6.07 Å². The molecule has 0 atom stereocenters. The number of anilines is 2. The van der Waals surface area contributed by atoms with Crippen LogP contribution in [0.5, 0.6) is 0 Å². The first-order valence-corrected chi connectivity index (χ1v) is 7.26. The van der Waals surface area contributed by atoms with Crippen molar-refractivity contribution in [3.8, 4) is 0 Å². The number of nitrogens with two attached hydrogens (primary N) is 1. The molecule has 0 heterocycles. The fraction of sp³-hybridized carbons (Fsp3) is 0.400. The van der Waals surface area contributed by atoms with Crippen molar-refractivity contribution in [2.45, 2.75) is 6.42 Å². The van der Waals surface area contributed by atoms with Crippen molar-refractivity contribution in [2.24, 2.45) is 5.14 Å². The summed E-state index contributed by atoms with van der Waals surface area (Å²) in [5, 5.41) is 21.4. The lowest BCUT2D eigenvalue weighted by Gasteiger charge is -2.09. The van der Waals surface area contributed by atoms with Crippen molar-refractivity contribution >= 4 is 27.1 Å². The lowest BCUT2D eigenvalue weighted by Crippen LogP contribution is -2.18. The highest BCUT2D eigenvalue weighted by Gasteiger charge is 2.18. The Kier molecular flexibility index (Phi) is 5.07. The molecule has 1 rings (SSSR count). The van der Waals surface area contributed by atoms with Crippen LogP contribution in [-0.4, -0.2) is 32.7 Å². The standard InChI is InChI=1S/C10H16N4O4S/c1-12-8-4-2-5-9(10(8)14(15)16)13-6-3-7-19(11,17)18/h2,4-5,12-13H,3,6-7H2,1H3,(H2,11,17,18). The molecule has 0 aliphatic heterocycles. The van der Waals surface area contributed by atoms with Gasteiger partial charge in [0.2, 0.25) is 10.0 Å². The minimum absolute atomic E-state index is 0.0689. The topological polar surface area (TPSA) is 127 Å². The third-order valence-electron chi connectivity index (χ3n) is 2.41. The first-order chi connectivity index (χ1) is 8.85. The maximum Gasteiger partial charge on any atom is 0.315 e. The molecular weight excluding hydrogens is 272 g/mol. The highest BCUT2D eigenvalue weighted by molar-refractivity contribution is 7.89. The summed E-state index contributed by atoms with van der Waals surface area (Å²) in [7, 11) is -1.91. The van der Waals surface area contributed by atoms with E-state index >= 15 is 0 Å². The van der Waals surface area contributed by atoms with Gasteiger partial charge in [-0.05, 0) is 18.6 Å². The average Bonchev–Trinajstić information content (AvgIpc) is 2.32. The molecule has 0 aliphatic rings. The zero-order chi connectivity index (χ0) is 14.5. The molecule has 0 amide bonds. The van der Waals surface area contributed by atoms with E-state index in [1.807, 2.05) is 0 Å². The fourth-order valence-electron chi connectivity index (χ4n) is 1.58. The van der Waals surface area contributed by atoms with Gasteiger partial charge in [0.25, 0.3) is 0 Å². The van der Waals surface area contributed by atoms with E-state index in [0.29, 0.717) is 11.4 Å². The molecule has 0 bridgehead atoms. The lowest BCUT2D eigenvalue weighted by atomic mass is 10.2. The van der Waals surface area contributed by atoms with Crippen molar-refractivity contribution in [2.75, 3.05) is 30.0 Å². The second-order valence-corrected chi connectivity index (χ2v) is 5.59. The molecule has 0 saturated carbocycles. The summed E-state index contributed by atoms with van der Waals surface area (Å²) >= 11 is 0. The van der Waals surface area contributed by atoms with Crippen molar-refractivity contribution in [1.82, 2.24) is 0 Å². The van der Waals surface area contributed by atoms with Crippen molar-refractivity contribution in [3.05, 3.63) is 28.3 Å². The van der Waals surface area contributed by atoms with Crippen LogP contribution in [-0.2, 0) is 10.0 Å². The Labute approximate surface area is 111 Å². The number of nitrogens with zero attached hydrogens (tertiary/aromatic N) is 1. The van der Waals surface area contributed by atoms with Crippen LogP contribution in [0.25, 0.3) is 0 Å². The van der Waals surface area contributed by atoms with Gasteiger partial charge in [0, 0.05) is 13.6 Å². The van der Waals surface area contributed by atoms with E-state index in [1.54, 1.807) is 25.2 Å². The van der Waals surface area contributed by atoms with Gasteiger partial charge in [-0.15, -0.1) is 0 Å². The molecule has 0 saturated heterocycles. The Morgan fingerprint density at radius 3 is 2.53 bits per heavy atom. The molecule has 0 aromatic heterocycles. The van der Waals surface area contributed by atoms with Crippen LogP contribution < -0.4 is 15.8 Å². The fourth-order valence-corrected chi connectivity index (χ4v) is 2.13. The monoisotopic (exact) mass is 288 g/mol. The zero-order valence-corrected chi connectivity index (χ0v) is 11.2. The molecule has 0 spiro atoms. The molecule has 0 unspecified atom stereocenters. The maximum absolute atomic E-state index is 11.0. The molecule has 8 nitrogen and oxygen atoms in total. The molecular formula is C10H16N4O4S. The third kappa shape index (κ3) is 4.72. The van der Waals surface area contributed by atoms with Crippen LogP contribution in [0.4, 0.5) is 17.1 Å². The van der Waals surface area contributed by atoms with Gasteiger partial charge in [-0.3, -0.25) is 10.1 Å². The van der Waals surface area contributed by atoms with Gasteiger partial charge >= 0.3 is 5.69 Å². The Balaban J connectivity index is 2.76. The number of hydrogen-bond donors (Lipinski definition) is 3. The Hall–Kier alpha value is -1.87. The number of nitro groups is 1. The van der Waals surface area contributed by atoms with E-state index in [1.165, 1.54) is 0 Å². The van der Waals surface area contributed by atoms with Crippen LogP contribution in [0.1, 0.15) is 6.42 Å². The lowest BCUT2D eigenvalue weighted by molar-refractivity contribution is -0.383. The molecule has 0 radical (unpaired) electrons. The van der Waals surface area contributed by atoms with Gasteiger partial charge in [0.05, 0.1) is 10.7 Å². The van der Waals surface area contributed by atoms with E-state index in [-0.39, 0.29) is 24.4 Å². The highest BCUT2D eigenvalue weighted by atomic mass is 32.2. The summed E-state index contributed by atoms with van der Waals surface area (Å²) in [4.78, 5) is 10.5. The molecule has 0 aliphatic carbocycles. The number of rotatable bonds is 7. The van der Waals surface area contributed by atoms with Gasteiger partial charge in [0.1, 0.15) is 11.4 Å². The second-order valence-electron chi connectivity index (χ2n) is 3.86. The van der Waals surface area contributed by atoms with E-state index in [2.05, 4.69) is 10.6 Å². The van der Waals surface area contributed by atoms with Crippen LogP contribution in [0.15, 0.2) is 18.2 Å². The van der Waals surface area contributed by atoms with Gasteiger partial charge in [-0.2, -0.15) is 0 Å². The predicted molar refractivity (Wildman–Crippen MR) is 73.7 cm³/mol. The Morgan fingerprint density at radius 1 is 1.37 bits per heavy atom. The van der Waals surface area contributed by atoms with E-state index in [0.717, 1.165) is 0 Å². The summed E-state index contributed by atoms with van der Waals surface area (Å²) in [6, 6.07) is 4.82. The van der Waals surface area contributed by atoms with Crippen LogP contribution in [0.3, 0.4) is 0 Å². The molecule has 106 valence electrons. The molecule has 19 heavy (non-hydrogen) atoms. The number of hydrogen-bond acceptors (Lipinski definition) is 6. The first kappa shape index (κ1) is 15.2. The Bertz CT molecular complexity index is 559. The van der Waals surface area contributed by atoms with E-state index in [9.17, 15) is 18.5 Å². The van der Waals surface area contributed by atoms with E-state index < -0.39 is 14.9 Å². The average molecular weight is 288 g/mol. The van der Waals surface area contributed by atoms with Gasteiger partial charge in [-0.25, -0.2) is 13.6 Å². The number of primary sulfonamides is 1. The quantitative estimate of drug-likeness (QED) is 0.385. The summed E-state index contributed by atoms with van der Waals surface area (Å²) in [6.45, 7) is 0.282. The van der Waals surface area contributed by atoms with E-state index in [4.69, 9.17) is 5.14 Å². The SMILES string of the molecule is CNc1cccc(NCCCS(N)(=O)=O)c1[N+](=O)[O-]. The third-order valence-corrected chi connectivity index (χ3v) is 3.27. The summed E-state index contributed by atoms with van der Waals surface area (Å²) in [5.74, 6) is -0.167. The van der Waals surface area contributed by atoms with Gasteiger partial charge in [0.15, 0.2) is 0 Å². The normalized spacial score (nSPS) is 11.1.